The molecule has 4 aromatic rings. The molecule has 1 atom stereocenters. The second kappa shape index (κ2) is 9.88. The fourth-order valence-corrected chi connectivity index (χ4v) is 7.07. The summed E-state index contributed by atoms with van der Waals surface area (Å²) >= 11 is 0. The molecule has 0 fully saturated rings. The van der Waals surface area contributed by atoms with Gasteiger partial charge in [-0.3, -0.25) is 14.5 Å². The van der Waals surface area contributed by atoms with E-state index in [1.165, 1.54) is 23.1 Å². The maximum Gasteiger partial charge on any atom is 0.248 e. The lowest BCUT2D eigenvalue weighted by Crippen LogP contribution is -2.53. The molecule has 3 heterocycles. The Morgan fingerprint density at radius 2 is 1.61 bits per heavy atom. The van der Waals surface area contributed by atoms with Gasteiger partial charge in [0.05, 0.1) is 17.8 Å². The molecule has 3 aromatic carbocycles. The highest BCUT2D eigenvalue weighted by molar-refractivity contribution is 6.22. The average Bonchev–Trinajstić information content (AvgIpc) is 3.60. The summed E-state index contributed by atoms with van der Waals surface area (Å²) in [5, 5.41) is 11.1. The van der Waals surface area contributed by atoms with Crippen molar-refractivity contribution in [2.75, 3.05) is 9.80 Å². The zero-order valence-electron chi connectivity index (χ0n) is 24.2. The number of nitriles is 1. The van der Waals surface area contributed by atoms with Crippen LogP contribution in [0.25, 0.3) is 5.82 Å². The molecule has 1 spiro atoms. The van der Waals surface area contributed by atoms with E-state index < -0.39 is 28.4 Å². The van der Waals surface area contributed by atoms with E-state index in [0.29, 0.717) is 40.4 Å². The molecule has 0 unspecified atom stereocenters. The molecular weight excluding hydrogens is 558 g/mol. The number of amides is 1. The molecule has 44 heavy (non-hydrogen) atoms. The number of fused-ring (bicyclic) bond motifs is 3. The Balaban J connectivity index is 1.60. The van der Waals surface area contributed by atoms with Crippen LogP contribution >= 0.6 is 0 Å². The van der Waals surface area contributed by atoms with Crippen molar-refractivity contribution in [1.29, 1.82) is 5.26 Å². The largest absolute Gasteiger partial charge is 0.309 e. The van der Waals surface area contributed by atoms with Crippen LogP contribution in [-0.2, 0) is 21.5 Å². The number of Topliss-reactive ketones (excluding diaryl/α,β-unsaturated/α-hetero) is 1. The van der Waals surface area contributed by atoms with Crippen molar-refractivity contribution in [1.82, 2.24) is 4.57 Å². The fourth-order valence-electron chi connectivity index (χ4n) is 7.07. The number of benzene rings is 3. The molecule has 6 nitrogen and oxygen atoms in total. The lowest BCUT2D eigenvalue weighted by molar-refractivity contribution is -0.125. The van der Waals surface area contributed by atoms with Crippen LogP contribution in [-0.4, -0.2) is 16.3 Å². The second-order valence-corrected chi connectivity index (χ2v) is 12.2. The molecule has 0 N–H and O–H groups in total. The third-order valence-electron chi connectivity index (χ3n) is 8.79. The van der Waals surface area contributed by atoms with E-state index in [0.717, 1.165) is 0 Å². The molecule has 7 rings (SSSR count). The van der Waals surface area contributed by atoms with E-state index in [-0.39, 0.29) is 29.9 Å². The van der Waals surface area contributed by atoms with Crippen molar-refractivity contribution >= 4 is 28.9 Å². The van der Waals surface area contributed by atoms with E-state index in [1.807, 2.05) is 13.8 Å². The molecule has 0 bridgehead atoms. The summed E-state index contributed by atoms with van der Waals surface area (Å²) in [7, 11) is 0. The number of para-hydroxylation sites is 1. The number of carbonyl (C=O) groups is 2. The van der Waals surface area contributed by atoms with Gasteiger partial charge in [-0.05, 0) is 54.3 Å². The first-order valence-electron chi connectivity index (χ1n) is 14.4. The van der Waals surface area contributed by atoms with Gasteiger partial charge in [-0.15, -0.1) is 0 Å². The lowest BCUT2D eigenvalue weighted by atomic mass is 9.60. The number of anilines is 2. The third-order valence-corrected chi connectivity index (χ3v) is 8.79. The Kier molecular flexibility index (Phi) is 6.19. The molecule has 1 aliphatic carbocycles. The van der Waals surface area contributed by atoms with Crippen LogP contribution in [0.4, 0.5) is 20.2 Å². The smallest absolute Gasteiger partial charge is 0.248 e. The molecule has 8 heteroatoms. The van der Waals surface area contributed by atoms with Gasteiger partial charge in [-0.25, -0.2) is 8.78 Å². The number of hydrogen-bond acceptors (Lipinski definition) is 4. The minimum atomic E-state index is -1.79. The lowest BCUT2D eigenvalue weighted by Gasteiger charge is -2.47. The van der Waals surface area contributed by atoms with Gasteiger partial charge in [0.2, 0.25) is 5.91 Å². The number of aromatic nitrogens is 1. The number of ketones is 1. The van der Waals surface area contributed by atoms with E-state index in [4.69, 9.17) is 0 Å². The predicted molar refractivity (Wildman–Crippen MR) is 163 cm³/mol. The third kappa shape index (κ3) is 3.89. The maximum absolute atomic E-state index is 15.1. The predicted octanol–water partition coefficient (Wildman–Crippen LogP) is 7.11. The summed E-state index contributed by atoms with van der Waals surface area (Å²) in [6, 6.07) is 25.3. The standard InChI is InChI=1S/C36H28F2N4O2/c1-35(2)19-30-32(31(43)20-35)36(26-13-4-6-15-29(26)41(34(36)44)22-23-10-3-5-14-28(23)38)27(21-39)33(40-16-7-8-17-40)42(30)25-12-9-11-24(37)18-25/h3-18H,19-20,22H2,1-2H3/t36-/m1/s1. The molecule has 0 radical (unpaired) electrons. The second-order valence-electron chi connectivity index (χ2n) is 12.2. The van der Waals surface area contributed by atoms with Crippen LogP contribution in [0.2, 0.25) is 0 Å². The van der Waals surface area contributed by atoms with Gasteiger partial charge in [0.25, 0.3) is 0 Å². The first-order chi connectivity index (χ1) is 21.2. The van der Waals surface area contributed by atoms with Crippen molar-refractivity contribution in [3.8, 4) is 6.07 Å². The van der Waals surface area contributed by atoms with Crippen LogP contribution in [0, 0.1) is 28.4 Å². The normalized spacial score (nSPS) is 20.7. The molecular formula is C36H28F2N4O2. The molecule has 0 saturated carbocycles. The number of rotatable bonds is 4. The van der Waals surface area contributed by atoms with Crippen molar-refractivity contribution in [2.45, 2.75) is 38.6 Å². The monoisotopic (exact) mass is 586 g/mol. The molecule has 3 aliphatic rings. The minimum Gasteiger partial charge on any atom is -0.309 e. The summed E-state index contributed by atoms with van der Waals surface area (Å²) in [4.78, 5) is 32.8. The molecule has 2 aliphatic heterocycles. The quantitative estimate of drug-likeness (QED) is 0.256. The molecule has 1 aromatic heterocycles. The van der Waals surface area contributed by atoms with Crippen LogP contribution in [0.3, 0.4) is 0 Å². The summed E-state index contributed by atoms with van der Waals surface area (Å²) in [5.74, 6) is -1.35. The maximum atomic E-state index is 15.1. The number of hydrogen-bond donors (Lipinski definition) is 0. The fraction of sp³-hybridized carbons (Fsp3) is 0.194. The minimum absolute atomic E-state index is 0.0400. The van der Waals surface area contributed by atoms with Crippen LogP contribution in [0.1, 0.15) is 37.8 Å². The van der Waals surface area contributed by atoms with Crippen molar-refractivity contribution in [3.05, 3.63) is 137 Å². The van der Waals surface area contributed by atoms with E-state index in [1.54, 1.807) is 88.6 Å². The van der Waals surface area contributed by atoms with E-state index >= 15 is 4.79 Å². The van der Waals surface area contributed by atoms with Crippen molar-refractivity contribution < 1.29 is 18.4 Å². The Bertz CT molecular complexity index is 1970. The highest BCUT2D eigenvalue weighted by Crippen LogP contribution is 2.60. The molecule has 218 valence electrons. The Labute approximate surface area is 253 Å². The Morgan fingerprint density at radius 1 is 0.886 bits per heavy atom. The van der Waals surface area contributed by atoms with Crippen LogP contribution < -0.4 is 9.80 Å². The molecule has 0 saturated heterocycles. The highest BCUT2D eigenvalue weighted by Gasteiger charge is 2.63. The van der Waals surface area contributed by atoms with Gasteiger partial charge >= 0.3 is 0 Å². The van der Waals surface area contributed by atoms with Gasteiger partial charge in [0.1, 0.15) is 28.9 Å². The van der Waals surface area contributed by atoms with Gasteiger partial charge in [0, 0.05) is 46.9 Å². The number of nitrogens with zero attached hydrogens (tertiary/aromatic N) is 4. The van der Waals surface area contributed by atoms with Gasteiger partial charge in [0.15, 0.2) is 5.78 Å². The summed E-state index contributed by atoms with van der Waals surface area (Å²) in [6.07, 6.45) is 4.07. The van der Waals surface area contributed by atoms with Crippen molar-refractivity contribution in [2.24, 2.45) is 5.41 Å². The number of allylic oxidation sites excluding steroid dienone is 1. The van der Waals surface area contributed by atoms with E-state index in [2.05, 4.69) is 6.07 Å². The SMILES string of the molecule is CC1(C)CC(=O)C2=C(C1)N(c1cccc(F)c1)C(n1cccc1)=C(C#N)[C@@]21C(=O)N(Cc2ccccc2F)c2ccccc21. The highest BCUT2D eigenvalue weighted by atomic mass is 19.1. The topological polar surface area (TPSA) is 69.3 Å². The summed E-state index contributed by atoms with van der Waals surface area (Å²) in [6.45, 7) is 3.88. The van der Waals surface area contributed by atoms with Gasteiger partial charge < -0.3 is 9.47 Å². The first kappa shape index (κ1) is 27.5. The van der Waals surface area contributed by atoms with Crippen LogP contribution in [0.15, 0.2) is 114 Å². The Morgan fingerprint density at radius 3 is 2.34 bits per heavy atom. The van der Waals surface area contributed by atoms with Gasteiger partial charge in [-0.1, -0.05) is 56.3 Å². The number of carbonyl (C=O) groups excluding carboxylic acids is 2. The number of halogens is 2. The van der Waals surface area contributed by atoms with Crippen molar-refractivity contribution in [3.63, 3.8) is 0 Å². The summed E-state index contributed by atoms with van der Waals surface area (Å²) < 4.78 is 31.5. The zero-order valence-corrected chi connectivity index (χ0v) is 24.2. The molecule has 1 amide bonds. The Hall–Kier alpha value is -5.29. The first-order valence-corrected chi connectivity index (χ1v) is 14.4. The van der Waals surface area contributed by atoms with Gasteiger partial charge in [-0.2, -0.15) is 5.26 Å². The average molecular weight is 587 g/mol. The van der Waals surface area contributed by atoms with E-state index in [9.17, 15) is 18.8 Å². The summed E-state index contributed by atoms with van der Waals surface area (Å²) in [5.41, 5.74) is 0.243. The van der Waals surface area contributed by atoms with Crippen LogP contribution in [0.5, 0.6) is 0 Å². The zero-order chi connectivity index (χ0) is 30.8.